The van der Waals surface area contributed by atoms with E-state index in [1.807, 2.05) is 65.8 Å². The van der Waals surface area contributed by atoms with Gasteiger partial charge in [-0.3, -0.25) is 13.9 Å². The lowest BCUT2D eigenvalue weighted by molar-refractivity contribution is -0.140. The van der Waals surface area contributed by atoms with Gasteiger partial charge in [0.1, 0.15) is 18.3 Å². The van der Waals surface area contributed by atoms with Crippen LogP contribution in [0.1, 0.15) is 49.4 Å². The molecule has 3 aromatic carbocycles. The van der Waals surface area contributed by atoms with Gasteiger partial charge in [0.05, 0.1) is 17.7 Å². The molecule has 1 atom stereocenters. The molecule has 3 rings (SSSR count). The first-order valence-corrected chi connectivity index (χ1v) is 15.2. The standard InChI is InChI=1S/C32H41N3O5S/c1-8-29(32(37)33-22(2)3)34(20-26-10-9-11-27(19-26)40-7)31(36)21-35(30-17-14-24(5)18-25(30)6)41(38,39)28-15-12-23(4)13-16-28/h9-19,22,29H,8,20-21H2,1-7H3,(H,33,37)/t29-/m1/s1. The number of amides is 2. The number of benzene rings is 3. The van der Waals surface area contributed by atoms with Crippen LogP contribution in [0, 0.1) is 20.8 Å². The van der Waals surface area contributed by atoms with Crippen molar-refractivity contribution in [3.05, 3.63) is 89.0 Å². The third kappa shape index (κ3) is 7.88. The lowest BCUT2D eigenvalue weighted by atomic mass is 10.1. The average molecular weight is 580 g/mol. The average Bonchev–Trinajstić information content (AvgIpc) is 2.91. The largest absolute Gasteiger partial charge is 0.497 e. The number of nitrogens with zero attached hydrogens (tertiary/aromatic N) is 2. The van der Waals surface area contributed by atoms with E-state index < -0.39 is 28.5 Å². The molecule has 220 valence electrons. The van der Waals surface area contributed by atoms with Crippen molar-refractivity contribution in [1.29, 1.82) is 0 Å². The monoisotopic (exact) mass is 579 g/mol. The van der Waals surface area contributed by atoms with Crippen molar-refractivity contribution in [3.63, 3.8) is 0 Å². The fraction of sp³-hybridized carbons (Fsp3) is 0.375. The molecule has 8 nitrogen and oxygen atoms in total. The van der Waals surface area contributed by atoms with Gasteiger partial charge in [-0.2, -0.15) is 0 Å². The molecule has 0 aromatic heterocycles. The molecule has 0 saturated carbocycles. The maximum absolute atomic E-state index is 14.2. The molecule has 0 fully saturated rings. The van der Waals surface area contributed by atoms with Crippen LogP contribution < -0.4 is 14.4 Å². The van der Waals surface area contributed by atoms with Crippen molar-refractivity contribution in [2.45, 2.75) is 71.5 Å². The number of hydrogen-bond acceptors (Lipinski definition) is 5. The number of hydrogen-bond donors (Lipinski definition) is 1. The SMILES string of the molecule is CC[C@H](C(=O)NC(C)C)N(Cc1cccc(OC)c1)C(=O)CN(c1ccc(C)cc1C)S(=O)(=O)c1ccc(C)cc1. The highest BCUT2D eigenvalue weighted by atomic mass is 32.2. The van der Waals surface area contributed by atoms with Crippen LogP contribution in [0.4, 0.5) is 5.69 Å². The summed E-state index contributed by atoms with van der Waals surface area (Å²) in [5, 5.41) is 2.91. The highest BCUT2D eigenvalue weighted by Gasteiger charge is 2.34. The van der Waals surface area contributed by atoms with Crippen LogP contribution in [0.15, 0.2) is 71.6 Å². The molecule has 0 bridgehead atoms. The Morgan fingerprint density at radius 1 is 0.927 bits per heavy atom. The Labute approximate surface area is 244 Å². The number of anilines is 1. The Hall–Kier alpha value is -3.85. The number of ether oxygens (including phenoxy) is 1. The second-order valence-electron chi connectivity index (χ2n) is 10.6. The summed E-state index contributed by atoms with van der Waals surface area (Å²) in [6.07, 6.45) is 0.350. The second kappa shape index (κ2) is 13.7. The highest BCUT2D eigenvalue weighted by Crippen LogP contribution is 2.29. The fourth-order valence-corrected chi connectivity index (χ4v) is 6.18. The van der Waals surface area contributed by atoms with Crippen molar-refractivity contribution in [2.75, 3.05) is 18.0 Å². The maximum atomic E-state index is 14.2. The first kappa shape index (κ1) is 31.7. The van der Waals surface area contributed by atoms with E-state index in [0.29, 0.717) is 17.9 Å². The number of carbonyl (C=O) groups is 2. The normalized spacial score (nSPS) is 12.1. The van der Waals surface area contributed by atoms with Gasteiger partial charge in [-0.05, 0) is 82.5 Å². The lowest BCUT2D eigenvalue weighted by Gasteiger charge is -2.34. The van der Waals surface area contributed by atoms with Crippen molar-refractivity contribution in [2.24, 2.45) is 0 Å². The van der Waals surface area contributed by atoms with E-state index in [0.717, 1.165) is 26.6 Å². The minimum absolute atomic E-state index is 0.0832. The van der Waals surface area contributed by atoms with E-state index in [4.69, 9.17) is 4.74 Å². The third-order valence-electron chi connectivity index (χ3n) is 6.81. The maximum Gasteiger partial charge on any atom is 0.264 e. The first-order chi connectivity index (χ1) is 19.4. The highest BCUT2D eigenvalue weighted by molar-refractivity contribution is 7.92. The van der Waals surface area contributed by atoms with E-state index in [1.54, 1.807) is 49.6 Å². The number of rotatable bonds is 12. The molecular weight excluding hydrogens is 538 g/mol. The topological polar surface area (TPSA) is 96.0 Å². The van der Waals surface area contributed by atoms with E-state index in [2.05, 4.69) is 5.32 Å². The number of aryl methyl sites for hydroxylation is 3. The molecule has 0 saturated heterocycles. The van der Waals surface area contributed by atoms with Crippen LogP contribution in [0.25, 0.3) is 0 Å². The van der Waals surface area contributed by atoms with Crippen LogP contribution in [0.3, 0.4) is 0 Å². The van der Waals surface area contributed by atoms with Gasteiger partial charge in [0.2, 0.25) is 11.8 Å². The summed E-state index contributed by atoms with van der Waals surface area (Å²) in [4.78, 5) is 29.0. The van der Waals surface area contributed by atoms with Crippen molar-refractivity contribution in [1.82, 2.24) is 10.2 Å². The number of methoxy groups -OCH3 is 1. The second-order valence-corrected chi connectivity index (χ2v) is 12.4. The molecule has 3 aromatic rings. The van der Waals surface area contributed by atoms with Gasteiger partial charge in [0.25, 0.3) is 10.0 Å². The zero-order chi connectivity index (χ0) is 30.3. The van der Waals surface area contributed by atoms with Crippen molar-refractivity contribution >= 4 is 27.5 Å². The van der Waals surface area contributed by atoms with Gasteiger partial charge < -0.3 is 15.0 Å². The quantitative estimate of drug-likeness (QED) is 0.320. The summed E-state index contributed by atoms with van der Waals surface area (Å²) in [6, 6.07) is 18.3. The summed E-state index contributed by atoms with van der Waals surface area (Å²) in [7, 11) is -2.56. The van der Waals surface area contributed by atoms with Crippen LogP contribution in [0.2, 0.25) is 0 Å². The molecule has 1 N–H and O–H groups in total. The molecule has 0 aliphatic heterocycles. The molecule has 0 aliphatic carbocycles. The summed E-state index contributed by atoms with van der Waals surface area (Å²) in [5.74, 6) is -0.166. The molecule has 0 aliphatic rings. The van der Waals surface area contributed by atoms with E-state index in [9.17, 15) is 18.0 Å². The van der Waals surface area contributed by atoms with E-state index in [1.165, 1.54) is 4.90 Å². The molecule has 41 heavy (non-hydrogen) atoms. The van der Waals surface area contributed by atoms with E-state index in [-0.39, 0.29) is 23.4 Å². The summed E-state index contributed by atoms with van der Waals surface area (Å²) < 4.78 is 34.6. The minimum atomic E-state index is -4.12. The Morgan fingerprint density at radius 3 is 2.17 bits per heavy atom. The van der Waals surface area contributed by atoms with Crippen LogP contribution in [-0.2, 0) is 26.2 Å². The molecular formula is C32H41N3O5S. The van der Waals surface area contributed by atoms with Gasteiger partial charge in [0, 0.05) is 12.6 Å². The predicted octanol–water partition coefficient (Wildman–Crippen LogP) is 5.15. The Bertz CT molecular complexity index is 1470. The van der Waals surface area contributed by atoms with Crippen LogP contribution in [-0.4, -0.2) is 50.9 Å². The van der Waals surface area contributed by atoms with Gasteiger partial charge >= 0.3 is 0 Å². The number of nitrogens with one attached hydrogen (secondary N) is 1. The fourth-order valence-electron chi connectivity index (χ4n) is 4.70. The molecule has 0 unspecified atom stereocenters. The summed E-state index contributed by atoms with van der Waals surface area (Å²) in [6.45, 7) is 10.8. The molecule has 0 radical (unpaired) electrons. The number of carbonyl (C=O) groups excluding carboxylic acids is 2. The molecule has 9 heteroatoms. The first-order valence-electron chi connectivity index (χ1n) is 13.8. The van der Waals surface area contributed by atoms with Crippen molar-refractivity contribution < 1.29 is 22.7 Å². The summed E-state index contributed by atoms with van der Waals surface area (Å²) >= 11 is 0. The van der Waals surface area contributed by atoms with Gasteiger partial charge in [-0.1, -0.05) is 54.4 Å². The minimum Gasteiger partial charge on any atom is -0.497 e. The zero-order valence-electron chi connectivity index (χ0n) is 25.0. The lowest BCUT2D eigenvalue weighted by Crippen LogP contribution is -2.53. The van der Waals surface area contributed by atoms with Crippen LogP contribution in [0.5, 0.6) is 5.75 Å². The van der Waals surface area contributed by atoms with Gasteiger partial charge in [0.15, 0.2) is 0 Å². The number of sulfonamides is 1. The Kier molecular flexibility index (Phi) is 10.6. The van der Waals surface area contributed by atoms with E-state index >= 15 is 0 Å². The Balaban J connectivity index is 2.11. The predicted molar refractivity (Wildman–Crippen MR) is 163 cm³/mol. The van der Waals surface area contributed by atoms with Crippen molar-refractivity contribution in [3.8, 4) is 5.75 Å². The third-order valence-corrected chi connectivity index (χ3v) is 8.59. The van der Waals surface area contributed by atoms with Crippen LogP contribution >= 0.6 is 0 Å². The summed E-state index contributed by atoms with van der Waals surface area (Å²) in [5.41, 5.74) is 3.78. The van der Waals surface area contributed by atoms with Gasteiger partial charge in [-0.25, -0.2) is 8.42 Å². The molecule has 0 heterocycles. The molecule has 2 amide bonds. The molecule has 0 spiro atoms. The smallest absolute Gasteiger partial charge is 0.264 e. The Morgan fingerprint density at radius 2 is 1.59 bits per heavy atom. The van der Waals surface area contributed by atoms with Gasteiger partial charge in [-0.15, -0.1) is 0 Å². The zero-order valence-corrected chi connectivity index (χ0v) is 25.8.